The molecule has 0 aromatic heterocycles. The molecule has 0 spiro atoms. The molecular weight excluding hydrogens is 464 g/mol. The van der Waals surface area contributed by atoms with Gasteiger partial charge in [0, 0.05) is 10.0 Å². The SMILES string of the molecule is CCOc1c(Br)cc(/C=C2\C=C(c3ccc(Br)cc3)OC2=O)cc1OC. The summed E-state index contributed by atoms with van der Waals surface area (Å²) in [5, 5.41) is 0. The highest BCUT2D eigenvalue weighted by Gasteiger charge is 2.22. The van der Waals surface area contributed by atoms with Crippen molar-refractivity contribution in [2.45, 2.75) is 6.92 Å². The molecule has 0 fully saturated rings. The van der Waals surface area contributed by atoms with Gasteiger partial charge in [-0.05, 0) is 64.8 Å². The number of benzene rings is 2. The summed E-state index contributed by atoms with van der Waals surface area (Å²) in [5.41, 5.74) is 2.12. The quantitative estimate of drug-likeness (QED) is 0.413. The van der Waals surface area contributed by atoms with E-state index in [9.17, 15) is 4.79 Å². The molecule has 0 bridgehead atoms. The van der Waals surface area contributed by atoms with Crippen LogP contribution >= 0.6 is 31.9 Å². The van der Waals surface area contributed by atoms with Crippen LogP contribution in [-0.2, 0) is 9.53 Å². The zero-order chi connectivity index (χ0) is 18.7. The van der Waals surface area contributed by atoms with E-state index in [-0.39, 0.29) is 5.97 Å². The highest BCUT2D eigenvalue weighted by atomic mass is 79.9. The molecule has 2 aromatic carbocycles. The Bertz CT molecular complexity index is 899. The molecule has 1 heterocycles. The molecule has 3 rings (SSSR count). The van der Waals surface area contributed by atoms with E-state index in [4.69, 9.17) is 14.2 Å². The van der Waals surface area contributed by atoms with Gasteiger partial charge in [-0.25, -0.2) is 4.79 Å². The van der Waals surface area contributed by atoms with Crippen LogP contribution in [0.3, 0.4) is 0 Å². The second-order valence-electron chi connectivity index (χ2n) is 5.47. The van der Waals surface area contributed by atoms with Crippen molar-refractivity contribution in [2.75, 3.05) is 13.7 Å². The second-order valence-corrected chi connectivity index (χ2v) is 7.24. The number of halogens is 2. The van der Waals surface area contributed by atoms with Gasteiger partial charge in [-0.2, -0.15) is 0 Å². The third kappa shape index (κ3) is 4.02. The lowest BCUT2D eigenvalue weighted by molar-refractivity contribution is -0.130. The molecule has 0 N–H and O–H groups in total. The minimum atomic E-state index is -0.383. The zero-order valence-electron chi connectivity index (χ0n) is 14.2. The standard InChI is InChI=1S/C20H16Br2O4/c1-3-25-19-16(22)9-12(10-18(19)24-2)8-14-11-17(26-20(14)23)13-4-6-15(21)7-5-13/h4-11H,3H2,1-2H3/b14-8+. The van der Waals surface area contributed by atoms with Gasteiger partial charge >= 0.3 is 5.97 Å². The Labute approximate surface area is 168 Å². The van der Waals surface area contributed by atoms with E-state index >= 15 is 0 Å². The number of methoxy groups -OCH3 is 1. The molecule has 0 aliphatic carbocycles. The molecule has 0 unspecified atom stereocenters. The fourth-order valence-corrected chi connectivity index (χ4v) is 3.37. The lowest BCUT2D eigenvalue weighted by atomic mass is 10.1. The van der Waals surface area contributed by atoms with Crippen LogP contribution in [0.2, 0.25) is 0 Å². The van der Waals surface area contributed by atoms with Gasteiger partial charge in [-0.15, -0.1) is 0 Å². The molecule has 1 aliphatic heterocycles. The van der Waals surface area contributed by atoms with Gasteiger partial charge in [0.15, 0.2) is 11.5 Å². The molecule has 0 saturated heterocycles. The van der Waals surface area contributed by atoms with Crippen LogP contribution in [0.5, 0.6) is 11.5 Å². The number of ether oxygens (including phenoxy) is 3. The first-order valence-corrected chi connectivity index (χ1v) is 9.52. The first-order chi connectivity index (χ1) is 12.5. The van der Waals surface area contributed by atoms with Gasteiger partial charge < -0.3 is 14.2 Å². The number of rotatable bonds is 5. The van der Waals surface area contributed by atoms with E-state index < -0.39 is 0 Å². The van der Waals surface area contributed by atoms with E-state index in [1.807, 2.05) is 43.3 Å². The molecule has 134 valence electrons. The summed E-state index contributed by atoms with van der Waals surface area (Å²) in [4.78, 5) is 12.2. The van der Waals surface area contributed by atoms with Crippen LogP contribution in [0.4, 0.5) is 0 Å². The number of cyclic esters (lactones) is 1. The van der Waals surface area contributed by atoms with Crippen LogP contribution in [0.15, 0.2) is 57.0 Å². The molecule has 0 atom stereocenters. The molecule has 2 aromatic rings. The van der Waals surface area contributed by atoms with Crippen molar-refractivity contribution in [3.63, 3.8) is 0 Å². The van der Waals surface area contributed by atoms with Gasteiger partial charge in [-0.1, -0.05) is 28.1 Å². The fraction of sp³-hybridized carbons (Fsp3) is 0.150. The topological polar surface area (TPSA) is 44.8 Å². The van der Waals surface area contributed by atoms with E-state index in [0.717, 1.165) is 20.1 Å². The van der Waals surface area contributed by atoms with E-state index in [2.05, 4.69) is 31.9 Å². The van der Waals surface area contributed by atoms with Gasteiger partial charge in [0.1, 0.15) is 5.76 Å². The molecule has 0 amide bonds. The molecular formula is C20H16Br2O4. The highest BCUT2D eigenvalue weighted by molar-refractivity contribution is 9.10. The summed E-state index contributed by atoms with van der Waals surface area (Å²) >= 11 is 6.88. The van der Waals surface area contributed by atoms with Crippen molar-refractivity contribution in [1.29, 1.82) is 0 Å². The van der Waals surface area contributed by atoms with Crippen LogP contribution in [0.25, 0.3) is 11.8 Å². The van der Waals surface area contributed by atoms with Crippen molar-refractivity contribution in [3.05, 3.63) is 68.1 Å². The Morgan fingerprint density at radius 3 is 2.54 bits per heavy atom. The largest absolute Gasteiger partial charge is 0.493 e. The summed E-state index contributed by atoms with van der Waals surface area (Å²) in [6.45, 7) is 2.44. The zero-order valence-corrected chi connectivity index (χ0v) is 17.4. The Morgan fingerprint density at radius 1 is 1.15 bits per heavy atom. The normalized spacial score (nSPS) is 15.0. The average Bonchev–Trinajstić information content (AvgIpc) is 2.98. The molecule has 4 nitrogen and oxygen atoms in total. The first kappa shape index (κ1) is 18.7. The summed E-state index contributed by atoms with van der Waals surface area (Å²) < 4.78 is 18.1. The molecule has 6 heteroatoms. The molecule has 0 saturated carbocycles. The number of esters is 1. The van der Waals surface area contributed by atoms with Gasteiger partial charge in [0.25, 0.3) is 0 Å². The number of carbonyl (C=O) groups excluding carboxylic acids is 1. The fourth-order valence-electron chi connectivity index (χ4n) is 2.53. The number of carbonyl (C=O) groups is 1. The van der Waals surface area contributed by atoms with Crippen molar-refractivity contribution >= 4 is 49.7 Å². The van der Waals surface area contributed by atoms with E-state index in [1.54, 1.807) is 19.3 Å². The minimum absolute atomic E-state index is 0.383. The van der Waals surface area contributed by atoms with Gasteiger partial charge in [0.05, 0.1) is 23.8 Å². The van der Waals surface area contributed by atoms with Crippen molar-refractivity contribution in [2.24, 2.45) is 0 Å². The van der Waals surface area contributed by atoms with E-state index in [0.29, 0.717) is 29.4 Å². The summed E-state index contributed by atoms with van der Waals surface area (Å²) in [7, 11) is 1.58. The van der Waals surface area contributed by atoms with Crippen molar-refractivity contribution in [3.8, 4) is 11.5 Å². The van der Waals surface area contributed by atoms with Crippen molar-refractivity contribution in [1.82, 2.24) is 0 Å². The maximum absolute atomic E-state index is 12.2. The highest BCUT2D eigenvalue weighted by Crippen LogP contribution is 2.38. The maximum atomic E-state index is 12.2. The Balaban J connectivity index is 1.95. The molecule has 0 radical (unpaired) electrons. The lowest BCUT2D eigenvalue weighted by Crippen LogP contribution is -1.98. The smallest absolute Gasteiger partial charge is 0.343 e. The number of hydrogen-bond acceptors (Lipinski definition) is 4. The first-order valence-electron chi connectivity index (χ1n) is 7.93. The van der Waals surface area contributed by atoms with Crippen LogP contribution in [0.1, 0.15) is 18.1 Å². The van der Waals surface area contributed by atoms with Gasteiger partial charge in [0.2, 0.25) is 0 Å². The number of hydrogen-bond donors (Lipinski definition) is 0. The van der Waals surface area contributed by atoms with Crippen molar-refractivity contribution < 1.29 is 19.0 Å². The van der Waals surface area contributed by atoms with Crippen LogP contribution < -0.4 is 9.47 Å². The molecule has 1 aliphatic rings. The maximum Gasteiger partial charge on any atom is 0.343 e. The molecule has 26 heavy (non-hydrogen) atoms. The predicted octanol–water partition coefficient (Wildman–Crippen LogP) is 5.60. The Kier molecular flexibility index (Phi) is 5.84. The van der Waals surface area contributed by atoms with E-state index in [1.165, 1.54) is 0 Å². The summed E-state index contributed by atoms with van der Waals surface area (Å²) in [5.74, 6) is 1.38. The third-order valence-corrected chi connectivity index (χ3v) is 4.83. The monoisotopic (exact) mass is 478 g/mol. The Morgan fingerprint density at radius 2 is 1.88 bits per heavy atom. The minimum Gasteiger partial charge on any atom is -0.493 e. The van der Waals surface area contributed by atoms with Crippen LogP contribution in [-0.4, -0.2) is 19.7 Å². The third-order valence-electron chi connectivity index (χ3n) is 3.72. The summed E-state index contributed by atoms with van der Waals surface area (Å²) in [6, 6.07) is 11.3. The predicted molar refractivity (Wildman–Crippen MR) is 108 cm³/mol. The second kappa shape index (κ2) is 8.10. The van der Waals surface area contributed by atoms with Crippen LogP contribution in [0, 0.1) is 0 Å². The van der Waals surface area contributed by atoms with Gasteiger partial charge in [-0.3, -0.25) is 0 Å². The average molecular weight is 480 g/mol. The Hall–Kier alpha value is -2.05. The summed E-state index contributed by atoms with van der Waals surface area (Å²) in [6.07, 6.45) is 3.50. The lowest BCUT2D eigenvalue weighted by Gasteiger charge is -2.12.